The van der Waals surface area contributed by atoms with Gasteiger partial charge in [0.25, 0.3) is 0 Å². The minimum absolute atomic E-state index is 0.278. The second kappa shape index (κ2) is 9.22. The lowest BCUT2D eigenvalue weighted by atomic mass is 10.4. The lowest BCUT2D eigenvalue weighted by molar-refractivity contribution is -0.102. The fraction of sp³-hybridized carbons (Fsp3) is 0.571. The van der Waals surface area contributed by atoms with E-state index in [0.717, 1.165) is 0 Å². The van der Waals surface area contributed by atoms with Gasteiger partial charge in [0.15, 0.2) is 8.24 Å². The second-order valence-corrected chi connectivity index (χ2v) is 9.27. The molecule has 0 aromatic heterocycles. The van der Waals surface area contributed by atoms with Gasteiger partial charge in [0, 0.05) is 14.2 Å². The zero-order valence-electron chi connectivity index (χ0n) is 12.8. The Morgan fingerprint density at radius 1 is 0.900 bits per heavy atom. The highest BCUT2D eigenvalue weighted by Gasteiger charge is 2.31. The fourth-order valence-corrected chi connectivity index (χ4v) is 4.05. The van der Waals surface area contributed by atoms with Crippen LogP contribution in [0.5, 0.6) is 0 Å². The molecule has 0 atom stereocenters. The maximum atomic E-state index is 5.50. The average molecular weight is 299 g/mol. The van der Waals surface area contributed by atoms with E-state index in [2.05, 4.69) is 41.9 Å². The van der Waals surface area contributed by atoms with Gasteiger partial charge < -0.3 is 18.9 Å². The lowest BCUT2D eigenvalue weighted by Gasteiger charge is -2.36. The number of rotatable bonds is 10. The first-order valence-electron chi connectivity index (χ1n) is 6.57. The van der Waals surface area contributed by atoms with Crippen LogP contribution in [0.2, 0.25) is 13.1 Å². The highest BCUT2D eigenvalue weighted by Crippen LogP contribution is 2.11. The number of hydrogen-bond donors (Lipinski definition) is 0. The molecule has 1 aromatic carbocycles. The van der Waals surface area contributed by atoms with Crippen molar-refractivity contribution in [2.75, 3.05) is 41.3 Å². The average Bonchev–Trinajstić information content (AvgIpc) is 2.47. The molecule has 20 heavy (non-hydrogen) atoms. The summed E-state index contributed by atoms with van der Waals surface area (Å²) in [5.74, 6) is 0. The number of methoxy groups -OCH3 is 2. The fourth-order valence-electron chi connectivity index (χ4n) is 1.85. The second-order valence-electron chi connectivity index (χ2n) is 4.94. The van der Waals surface area contributed by atoms with Crippen molar-refractivity contribution < 1.29 is 18.9 Å². The highest BCUT2D eigenvalue weighted by molar-refractivity contribution is 6.87. The van der Waals surface area contributed by atoms with E-state index in [0.29, 0.717) is 13.5 Å². The Morgan fingerprint density at radius 2 is 1.40 bits per heavy atom. The molecule has 0 bridgehead atoms. The first-order chi connectivity index (χ1) is 9.62. The van der Waals surface area contributed by atoms with Crippen molar-refractivity contribution in [3.8, 4) is 0 Å². The van der Waals surface area contributed by atoms with Crippen LogP contribution in [0.15, 0.2) is 30.3 Å². The van der Waals surface area contributed by atoms with Gasteiger partial charge in [-0.2, -0.15) is 0 Å². The van der Waals surface area contributed by atoms with Crippen molar-refractivity contribution >= 4 is 13.4 Å². The summed E-state index contributed by atoms with van der Waals surface area (Å²) in [6.45, 7) is 6.06. The van der Waals surface area contributed by atoms with Gasteiger partial charge in [-0.1, -0.05) is 43.4 Å². The Kier molecular flexibility index (Phi) is 7.97. The molecule has 6 heteroatoms. The molecule has 0 N–H and O–H groups in total. The van der Waals surface area contributed by atoms with Crippen molar-refractivity contribution in [2.24, 2.45) is 0 Å². The highest BCUT2D eigenvalue weighted by atomic mass is 28.3. The van der Waals surface area contributed by atoms with Gasteiger partial charge in [0.2, 0.25) is 0 Å². The third-order valence-corrected chi connectivity index (χ3v) is 6.75. The van der Waals surface area contributed by atoms with Crippen molar-refractivity contribution in [1.29, 1.82) is 0 Å². The third-order valence-electron chi connectivity index (χ3n) is 3.17. The number of nitrogens with zero attached hydrogens (tertiary/aromatic N) is 1. The van der Waals surface area contributed by atoms with Crippen LogP contribution < -0.4 is 5.19 Å². The number of hydrogen-bond acceptors (Lipinski definition) is 5. The molecule has 0 fully saturated rings. The molecule has 0 heterocycles. The van der Waals surface area contributed by atoms with Crippen LogP contribution in [-0.4, -0.2) is 54.1 Å². The van der Waals surface area contributed by atoms with Gasteiger partial charge in [-0.05, 0) is 5.19 Å². The normalized spacial score (nSPS) is 12.1. The summed E-state index contributed by atoms with van der Waals surface area (Å²) in [5.41, 5.74) is 0. The molecular formula is C14H25NO4Si. The Labute approximate surface area is 122 Å². The summed E-state index contributed by atoms with van der Waals surface area (Å²) in [6.07, 6.45) is 0. The van der Waals surface area contributed by atoms with Crippen molar-refractivity contribution in [2.45, 2.75) is 13.1 Å². The Morgan fingerprint density at radius 3 is 1.85 bits per heavy atom. The monoisotopic (exact) mass is 299 g/mol. The van der Waals surface area contributed by atoms with Gasteiger partial charge in [-0.3, -0.25) is 4.57 Å². The first-order valence-corrected chi connectivity index (χ1v) is 9.51. The molecule has 0 amide bonds. The minimum atomic E-state index is -1.84. The Balaban J connectivity index is 2.72. The predicted molar refractivity (Wildman–Crippen MR) is 81.1 cm³/mol. The van der Waals surface area contributed by atoms with Gasteiger partial charge in [0.05, 0.1) is 13.5 Å². The molecule has 0 radical (unpaired) electrons. The van der Waals surface area contributed by atoms with Crippen molar-refractivity contribution in [3.05, 3.63) is 30.3 Å². The number of benzene rings is 1. The van der Waals surface area contributed by atoms with E-state index in [4.69, 9.17) is 18.9 Å². The van der Waals surface area contributed by atoms with Gasteiger partial charge >= 0.3 is 0 Å². The van der Waals surface area contributed by atoms with Crippen LogP contribution in [0.25, 0.3) is 0 Å². The molecule has 0 aliphatic carbocycles. The first kappa shape index (κ1) is 17.3. The molecule has 0 aliphatic heterocycles. The van der Waals surface area contributed by atoms with E-state index >= 15 is 0 Å². The predicted octanol–water partition coefficient (Wildman–Crippen LogP) is 1.56. The largest absolute Gasteiger partial charge is 0.359 e. The molecule has 0 aliphatic rings. The van der Waals surface area contributed by atoms with Gasteiger partial charge in [-0.15, -0.1) is 0 Å². The quantitative estimate of drug-likeness (QED) is 0.372. The molecule has 1 aromatic rings. The molecule has 1 rings (SSSR count). The smallest absolute Gasteiger partial charge is 0.158 e. The van der Waals surface area contributed by atoms with Crippen LogP contribution in [-0.2, 0) is 18.9 Å². The summed E-state index contributed by atoms with van der Waals surface area (Å²) in [5, 5.41) is 1.34. The molecule has 114 valence electrons. The zero-order valence-corrected chi connectivity index (χ0v) is 13.8. The summed E-state index contributed by atoms with van der Waals surface area (Å²) >= 11 is 0. The van der Waals surface area contributed by atoms with Crippen LogP contribution in [0.3, 0.4) is 0 Å². The SMILES string of the molecule is COCOCN(COCOC)[Si](C)(C)c1ccccc1. The van der Waals surface area contributed by atoms with Crippen LogP contribution in [0, 0.1) is 0 Å². The van der Waals surface area contributed by atoms with Crippen molar-refractivity contribution in [1.82, 2.24) is 4.57 Å². The van der Waals surface area contributed by atoms with Crippen LogP contribution >= 0.6 is 0 Å². The number of ether oxygens (including phenoxy) is 4. The standard InChI is InChI=1S/C14H25NO4Si/c1-16-12-18-10-15(11-19-13-17-2)20(3,4)14-8-6-5-7-9-14/h5-9H,10-13H2,1-4H3. The van der Waals surface area contributed by atoms with E-state index in [1.165, 1.54) is 5.19 Å². The van der Waals surface area contributed by atoms with Crippen LogP contribution in [0.4, 0.5) is 0 Å². The van der Waals surface area contributed by atoms with E-state index in [-0.39, 0.29) is 13.6 Å². The summed E-state index contributed by atoms with van der Waals surface area (Å²) in [4.78, 5) is 0. The van der Waals surface area contributed by atoms with Crippen LogP contribution in [0.1, 0.15) is 0 Å². The van der Waals surface area contributed by atoms with E-state index in [1.807, 2.05) is 6.07 Å². The summed E-state index contributed by atoms with van der Waals surface area (Å²) in [7, 11) is 1.40. The molecule has 0 saturated carbocycles. The molecular weight excluding hydrogens is 274 g/mol. The topological polar surface area (TPSA) is 40.2 Å². The minimum Gasteiger partial charge on any atom is -0.359 e. The van der Waals surface area contributed by atoms with Gasteiger partial charge in [-0.25, -0.2) is 0 Å². The zero-order chi connectivity index (χ0) is 14.8. The third kappa shape index (κ3) is 5.32. The lowest BCUT2D eigenvalue weighted by Crippen LogP contribution is -2.59. The van der Waals surface area contributed by atoms with E-state index in [1.54, 1.807) is 14.2 Å². The maximum absolute atomic E-state index is 5.50. The maximum Gasteiger partial charge on any atom is 0.158 e. The van der Waals surface area contributed by atoms with Gasteiger partial charge in [0.1, 0.15) is 13.6 Å². The molecule has 5 nitrogen and oxygen atoms in total. The van der Waals surface area contributed by atoms with Crippen molar-refractivity contribution in [3.63, 3.8) is 0 Å². The Bertz CT molecular complexity index is 351. The Hall–Kier alpha value is -0.763. The molecule has 0 saturated heterocycles. The molecule has 0 unspecified atom stereocenters. The van der Waals surface area contributed by atoms with E-state index in [9.17, 15) is 0 Å². The van der Waals surface area contributed by atoms with E-state index < -0.39 is 8.24 Å². The summed E-state index contributed by atoms with van der Waals surface area (Å²) in [6, 6.07) is 10.5. The summed E-state index contributed by atoms with van der Waals surface area (Å²) < 4.78 is 23.1. The molecule has 0 spiro atoms.